The number of hydrogen-bond acceptors (Lipinski definition) is 4. The highest BCUT2D eigenvalue weighted by Crippen LogP contribution is 2.38. The van der Waals surface area contributed by atoms with E-state index in [4.69, 9.17) is 25.8 Å². The molecule has 0 aliphatic rings. The maximum atomic E-state index is 6.04. The standard InChI is InChI=1S/C20H26ClN3O3.HI/c1-5-22-20(23-12-14-7-6-8-16(21)9-14)24-13-15-10-17(25-2)19(27-4)18(11-15)26-3;/h6-11H,5,12-13H2,1-4H3,(H2,22,23,24);1H. The van der Waals surface area contributed by atoms with Gasteiger partial charge in [0.05, 0.1) is 27.9 Å². The summed E-state index contributed by atoms with van der Waals surface area (Å²) in [4.78, 5) is 4.64. The van der Waals surface area contributed by atoms with E-state index < -0.39 is 0 Å². The van der Waals surface area contributed by atoms with E-state index in [-0.39, 0.29) is 24.0 Å². The summed E-state index contributed by atoms with van der Waals surface area (Å²) in [5, 5.41) is 7.26. The SMILES string of the molecule is CCNC(=NCc1cc(OC)c(OC)c(OC)c1)NCc1cccc(Cl)c1.I. The highest BCUT2D eigenvalue weighted by atomic mass is 127. The average molecular weight is 520 g/mol. The molecule has 154 valence electrons. The van der Waals surface area contributed by atoms with Crippen molar-refractivity contribution in [2.24, 2.45) is 4.99 Å². The minimum atomic E-state index is 0. The van der Waals surface area contributed by atoms with Crippen molar-refractivity contribution in [3.63, 3.8) is 0 Å². The molecule has 0 fully saturated rings. The van der Waals surface area contributed by atoms with Crippen molar-refractivity contribution in [1.82, 2.24) is 10.6 Å². The number of halogens is 2. The van der Waals surface area contributed by atoms with Crippen LogP contribution in [0.1, 0.15) is 18.1 Å². The quantitative estimate of drug-likeness (QED) is 0.310. The summed E-state index contributed by atoms with van der Waals surface area (Å²) in [5.41, 5.74) is 2.03. The number of guanidine groups is 1. The van der Waals surface area contributed by atoms with Gasteiger partial charge in [-0.05, 0) is 42.3 Å². The van der Waals surface area contributed by atoms with Crippen LogP contribution in [-0.4, -0.2) is 33.8 Å². The maximum Gasteiger partial charge on any atom is 0.203 e. The first kappa shape index (κ1) is 24.2. The number of aliphatic imine (C=N–C) groups is 1. The Kier molecular flexibility index (Phi) is 10.8. The fraction of sp³-hybridized carbons (Fsp3) is 0.350. The predicted molar refractivity (Wildman–Crippen MR) is 125 cm³/mol. The third kappa shape index (κ3) is 6.94. The summed E-state index contributed by atoms with van der Waals surface area (Å²) in [5.74, 6) is 2.50. The van der Waals surface area contributed by atoms with E-state index in [9.17, 15) is 0 Å². The summed E-state index contributed by atoms with van der Waals surface area (Å²) in [7, 11) is 4.78. The van der Waals surface area contributed by atoms with E-state index >= 15 is 0 Å². The van der Waals surface area contributed by atoms with Gasteiger partial charge in [0.2, 0.25) is 5.75 Å². The Morgan fingerprint density at radius 2 is 1.64 bits per heavy atom. The van der Waals surface area contributed by atoms with Gasteiger partial charge in [0.1, 0.15) is 0 Å². The molecule has 0 unspecified atom stereocenters. The zero-order valence-corrected chi connectivity index (χ0v) is 19.6. The molecule has 8 heteroatoms. The molecule has 0 radical (unpaired) electrons. The summed E-state index contributed by atoms with van der Waals surface area (Å²) in [6.45, 7) is 3.87. The van der Waals surface area contributed by atoms with Gasteiger partial charge in [-0.1, -0.05) is 23.7 Å². The second-order valence-electron chi connectivity index (χ2n) is 5.71. The lowest BCUT2D eigenvalue weighted by Crippen LogP contribution is -2.36. The van der Waals surface area contributed by atoms with Crippen LogP contribution in [-0.2, 0) is 13.1 Å². The fourth-order valence-corrected chi connectivity index (χ4v) is 2.78. The van der Waals surface area contributed by atoms with E-state index in [0.717, 1.165) is 17.7 Å². The van der Waals surface area contributed by atoms with E-state index in [1.54, 1.807) is 21.3 Å². The molecule has 28 heavy (non-hydrogen) atoms. The molecule has 2 aromatic carbocycles. The minimum Gasteiger partial charge on any atom is -0.493 e. The number of rotatable bonds is 8. The Balaban J connectivity index is 0.00000392. The zero-order chi connectivity index (χ0) is 19.6. The number of methoxy groups -OCH3 is 3. The molecular formula is C20H27ClIN3O3. The number of nitrogens with one attached hydrogen (secondary N) is 2. The Hall–Kier alpha value is -1.87. The van der Waals surface area contributed by atoms with E-state index in [1.165, 1.54) is 0 Å². The smallest absolute Gasteiger partial charge is 0.203 e. The highest BCUT2D eigenvalue weighted by Gasteiger charge is 2.13. The molecule has 6 nitrogen and oxygen atoms in total. The van der Waals surface area contributed by atoms with Gasteiger partial charge in [-0.2, -0.15) is 0 Å². The summed E-state index contributed by atoms with van der Waals surface area (Å²) in [6, 6.07) is 11.5. The first-order valence-corrected chi connectivity index (χ1v) is 9.04. The summed E-state index contributed by atoms with van der Waals surface area (Å²) >= 11 is 6.04. The topological polar surface area (TPSA) is 64.1 Å². The lowest BCUT2D eigenvalue weighted by molar-refractivity contribution is 0.324. The van der Waals surface area contributed by atoms with Gasteiger partial charge in [0.15, 0.2) is 17.5 Å². The molecule has 0 saturated heterocycles. The average Bonchev–Trinajstić information content (AvgIpc) is 2.69. The van der Waals surface area contributed by atoms with Crippen molar-refractivity contribution < 1.29 is 14.2 Å². The van der Waals surface area contributed by atoms with Gasteiger partial charge in [-0.25, -0.2) is 4.99 Å². The molecular weight excluding hydrogens is 493 g/mol. The van der Waals surface area contributed by atoms with Crippen LogP contribution in [0.15, 0.2) is 41.4 Å². The lowest BCUT2D eigenvalue weighted by atomic mass is 10.2. The first-order valence-electron chi connectivity index (χ1n) is 8.66. The molecule has 0 aromatic heterocycles. The van der Waals surface area contributed by atoms with E-state index in [1.807, 2.05) is 43.3 Å². The van der Waals surface area contributed by atoms with E-state index in [0.29, 0.717) is 41.3 Å². The van der Waals surface area contributed by atoms with Crippen molar-refractivity contribution in [2.45, 2.75) is 20.0 Å². The van der Waals surface area contributed by atoms with E-state index in [2.05, 4.69) is 15.6 Å². The zero-order valence-electron chi connectivity index (χ0n) is 16.5. The van der Waals surface area contributed by atoms with Crippen molar-refractivity contribution in [2.75, 3.05) is 27.9 Å². The molecule has 2 aromatic rings. The monoisotopic (exact) mass is 519 g/mol. The summed E-state index contributed by atoms with van der Waals surface area (Å²) < 4.78 is 16.1. The third-order valence-corrected chi connectivity index (χ3v) is 4.07. The fourth-order valence-electron chi connectivity index (χ4n) is 2.57. The first-order chi connectivity index (χ1) is 13.1. The molecule has 0 aliphatic heterocycles. The molecule has 0 heterocycles. The number of nitrogens with zero attached hydrogens (tertiary/aromatic N) is 1. The van der Waals surface area contributed by atoms with Gasteiger partial charge in [0.25, 0.3) is 0 Å². The third-order valence-electron chi connectivity index (χ3n) is 3.84. The van der Waals surface area contributed by atoms with Gasteiger partial charge in [-0.3, -0.25) is 0 Å². The minimum absolute atomic E-state index is 0. The van der Waals surface area contributed by atoms with Gasteiger partial charge >= 0.3 is 0 Å². The largest absolute Gasteiger partial charge is 0.493 e. The number of benzene rings is 2. The van der Waals surface area contributed by atoms with Crippen LogP contribution in [0.2, 0.25) is 5.02 Å². The highest BCUT2D eigenvalue weighted by molar-refractivity contribution is 14.0. The van der Waals surface area contributed by atoms with Crippen LogP contribution in [0.4, 0.5) is 0 Å². The Labute approximate surface area is 188 Å². The van der Waals surface area contributed by atoms with Gasteiger partial charge in [0, 0.05) is 18.1 Å². The number of hydrogen-bond donors (Lipinski definition) is 2. The molecule has 0 amide bonds. The predicted octanol–water partition coefficient (Wildman–Crippen LogP) is 4.24. The van der Waals surface area contributed by atoms with Crippen LogP contribution in [0.3, 0.4) is 0 Å². The maximum absolute atomic E-state index is 6.04. The second kappa shape index (κ2) is 12.6. The molecule has 0 spiro atoms. The molecule has 0 bridgehead atoms. The van der Waals surface area contributed by atoms with Crippen molar-refractivity contribution in [3.8, 4) is 17.2 Å². The molecule has 2 N–H and O–H groups in total. The second-order valence-corrected chi connectivity index (χ2v) is 6.15. The molecule has 0 aliphatic carbocycles. The van der Waals surface area contributed by atoms with Crippen LogP contribution in [0, 0.1) is 0 Å². The van der Waals surface area contributed by atoms with Crippen LogP contribution in [0.25, 0.3) is 0 Å². The lowest BCUT2D eigenvalue weighted by Gasteiger charge is -2.14. The van der Waals surface area contributed by atoms with Gasteiger partial charge in [-0.15, -0.1) is 24.0 Å². The van der Waals surface area contributed by atoms with Gasteiger partial charge < -0.3 is 24.8 Å². The van der Waals surface area contributed by atoms with Crippen molar-refractivity contribution in [1.29, 1.82) is 0 Å². The van der Waals surface area contributed by atoms with Crippen molar-refractivity contribution >= 4 is 41.5 Å². The van der Waals surface area contributed by atoms with Crippen LogP contribution >= 0.6 is 35.6 Å². The van der Waals surface area contributed by atoms with Crippen molar-refractivity contribution in [3.05, 3.63) is 52.5 Å². The Morgan fingerprint density at radius 3 is 2.18 bits per heavy atom. The Bertz CT molecular complexity index is 762. The van der Waals surface area contributed by atoms with Crippen LogP contribution < -0.4 is 24.8 Å². The molecule has 0 saturated carbocycles. The Morgan fingerprint density at radius 1 is 0.964 bits per heavy atom. The number of ether oxygens (including phenoxy) is 3. The normalized spacial score (nSPS) is 10.7. The summed E-state index contributed by atoms with van der Waals surface area (Å²) in [6.07, 6.45) is 0. The van der Waals surface area contributed by atoms with Crippen LogP contribution in [0.5, 0.6) is 17.2 Å². The molecule has 0 atom stereocenters. The molecule has 2 rings (SSSR count).